The fraction of sp³-hybridized carbons (Fsp3) is 0.259. The predicted octanol–water partition coefficient (Wildman–Crippen LogP) is 3.98. The summed E-state index contributed by atoms with van der Waals surface area (Å²) in [5.41, 5.74) is 2.33. The van der Waals surface area contributed by atoms with E-state index in [0.717, 1.165) is 22.4 Å². The zero-order valence-corrected chi connectivity index (χ0v) is 19.1. The molecule has 4 rings (SSSR count). The SMILES string of the molecule is COc1ccc(CNC(=O)[C@]2(C)Cc3ccccc3C(=O)N2Cc2cccc(OC)c2)cc1. The quantitative estimate of drug-likeness (QED) is 0.599. The molecule has 1 N–H and O–H groups in total. The molecule has 1 aliphatic heterocycles. The van der Waals surface area contributed by atoms with Gasteiger partial charge in [0.15, 0.2) is 0 Å². The summed E-state index contributed by atoms with van der Waals surface area (Å²) in [6, 6.07) is 22.6. The van der Waals surface area contributed by atoms with E-state index >= 15 is 0 Å². The molecule has 3 aromatic carbocycles. The Kier molecular flexibility index (Phi) is 6.36. The summed E-state index contributed by atoms with van der Waals surface area (Å²) in [5, 5.41) is 3.04. The second-order valence-corrected chi connectivity index (χ2v) is 8.38. The molecule has 3 aromatic rings. The van der Waals surface area contributed by atoms with Gasteiger partial charge in [0.05, 0.1) is 14.2 Å². The molecule has 33 heavy (non-hydrogen) atoms. The van der Waals surface area contributed by atoms with Crippen LogP contribution < -0.4 is 14.8 Å². The molecule has 0 bridgehead atoms. The van der Waals surface area contributed by atoms with Crippen LogP contribution in [0.25, 0.3) is 0 Å². The summed E-state index contributed by atoms with van der Waals surface area (Å²) >= 11 is 0. The van der Waals surface area contributed by atoms with Crippen LogP contribution in [0.2, 0.25) is 0 Å². The molecule has 1 atom stereocenters. The minimum atomic E-state index is -1.04. The van der Waals surface area contributed by atoms with Crippen LogP contribution >= 0.6 is 0 Å². The van der Waals surface area contributed by atoms with Gasteiger partial charge in [-0.1, -0.05) is 42.5 Å². The minimum Gasteiger partial charge on any atom is -0.497 e. The molecule has 1 aliphatic rings. The summed E-state index contributed by atoms with van der Waals surface area (Å²) in [6.45, 7) is 2.50. The highest BCUT2D eigenvalue weighted by Crippen LogP contribution is 2.33. The number of ether oxygens (including phenoxy) is 2. The predicted molar refractivity (Wildman–Crippen MR) is 126 cm³/mol. The third-order valence-electron chi connectivity index (χ3n) is 6.20. The maximum Gasteiger partial charge on any atom is 0.255 e. The molecule has 0 saturated carbocycles. The maximum absolute atomic E-state index is 13.5. The fourth-order valence-corrected chi connectivity index (χ4v) is 4.24. The summed E-state index contributed by atoms with van der Waals surface area (Å²) in [5.74, 6) is 1.13. The largest absolute Gasteiger partial charge is 0.497 e. The van der Waals surface area contributed by atoms with E-state index < -0.39 is 5.54 Å². The smallest absolute Gasteiger partial charge is 0.255 e. The van der Waals surface area contributed by atoms with E-state index in [1.54, 1.807) is 19.1 Å². The van der Waals surface area contributed by atoms with Crippen molar-refractivity contribution in [3.63, 3.8) is 0 Å². The zero-order valence-electron chi connectivity index (χ0n) is 19.1. The second kappa shape index (κ2) is 9.36. The summed E-state index contributed by atoms with van der Waals surface area (Å²) in [6.07, 6.45) is 0.438. The van der Waals surface area contributed by atoms with Crippen molar-refractivity contribution < 1.29 is 19.1 Å². The van der Waals surface area contributed by atoms with Crippen LogP contribution in [0.3, 0.4) is 0 Å². The van der Waals surface area contributed by atoms with Gasteiger partial charge in [0.25, 0.3) is 5.91 Å². The summed E-state index contributed by atoms with van der Waals surface area (Å²) < 4.78 is 10.5. The number of rotatable bonds is 7. The van der Waals surface area contributed by atoms with Crippen LogP contribution in [0.1, 0.15) is 34.0 Å². The first-order valence-corrected chi connectivity index (χ1v) is 10.9. The number of nitrogens with one attached hydrogen (secondary N) is 1. The molecule has 0 saturated heterocycles. The molecule has 1 heterocycles. The van der Waals surface area contributed by atoms with Gasteiger partial charge in [-0.15, -0.1) is 0 Å². The van der Waals surface area contributed by atoms with Crippen molar-refractivity contribution in [2.45, 2.75) is 32.0 Å². The van der Waals surface area contributed by atoms with Crippen molar-refractivity contribution in [2.24, 2.45) is 0 Å². The molecule has 170 valence electrons. The lowest BCUT2D eigenvalue weighted by Gasteiger charge is -2.44. The van der Waals surface area contributed by atoms with Crippen LogP contribution in [0, 0.1) is 0 Å². The average molecular weight is 445 g/mol. The highest BCUT2D eigenvalue weighted by Gasteiger charge is 2.46. The average Bonchev–Trinajstić information content (AvgIpc) is 2.85. The lowest BCUT2D eigenvalue weighted by atomic mass is 9.82. The van der Waals surface area contributed by atoms with Gasteiger partial charge in [0, 0.05) is 25.1 Å². The van der Waals surface area contributed by atoms with E-state index in [-0.39, 0.29) is 11.8 Å². The number of fused-ring (bicyclic) bond motifs is 1. The van der Waals surface area contributed by atoms with Crippen LogP contribution in [0.5, 0.6) is 11.5 Å². The number of methoxy groups -OCH3 is 2. The summed E-state index contributed by atoms with van der Waals surface area (Å²) in [7, 11) is 3.23. The van der Waals surface area contributed by atoms with Crippen LogP contribution in [-0.2, 0) is 24.3 Å². The lowest BCUT2D eigenvalue weighted by molar-refractivity contribution is -0.132. The monoisotopic (exact) mass is 444 g/mol. The topological polar surface area (TPSA) is 67.9 Å². The van der Waals surface area contributed by atoms with Gasteiger partial charge >= 0.3 is 0 Å². The molecule has 0 radical (unpaired) electrons. The molecular formula is C27H28N2O4. The van der Waals surface area contributed by atoms with E-state index in [4.69, 9.17) is 9.47 Å². The van der Waals surface area contributed by atoms with Crippen LogP contribution in [-0.4, -0.2) is 36.5 Å². The first-order chi connectivity index (χ1) is 15.9. The van der Waals surface area contributed by atoms with Crippen LogP contribution in [0.4, 0.5) is 0 Å². The van der Waals surface area contributed by atoms with E-state index in [2.05, 4.69) is 5.32 Å². The Morgan fingerprint density at radius 3 is 2.39 bits per heavy atom. The molecule has 0 spiro atoms. The minimum absolute atomic E-state index is 0.151. The number of hydrogen-bond acceptors (Lipinski definition) is 4. The first-order valence-electron chi connectivity index (χ1n) is 10.9. The number of benzene rings is 3. The van der Waals surface area contributed by atoms with Gasteiger partial charge in [-0.3, -0.25) is 9.59 Å². The van der Waals surface area contributed by atoms with Crippen molar-refractivity contribution in [2.75, 3.05) is 14.2 Å². The van der Waals surface area contributed by atoms with Crippen molar-refractivity contribution in [3.8, 4) is 11.5 Å². The van der Waals surface area contributed by atoms with Crippen LogP contribution in [0.15, 0.2) is 72.8 Å². The Balaban J connectivity index is 1.62. The van der Waals surface area contributed by atoms with Gasteiger partial charge < -0.3 is 19.7 Å². The lowest BCUT2D eigenvalue weighted by Crippen LogP contribution is -2.62. The van der Waals surface area contributed by atoms with E-state index in [0.29, 0.717) is 30.8 Å². The van der Waals surface area contributed by atoms with Crippen molar-refractivity contribution in [1.82, 2.24) is 10.2 Å². The number of hydrogen-bond donors (Lipinski definition) is 1. The fourth-order valence-electron chi connectivity index (χ4n) is 4.24. The Labute approximate surface area is 194 Å². The molecule has 0 fully saturated rings. The molecular weight excluding hydrogens is 416 g/mol. The number of carbonyl (C=O) groups excluding carboxylic acids is 2. The Bertz CT molecular complexity index is 1160. The van der Waals surface area contributed by atoms with E-state index in [9.17, 15) is 9.59 Å². The van der Waals surface area contributed by atoms with Gasteiger partial charge in [-0.2, -0.15) is 0 Å². The molecule has 2 amide bonds. The first kappa shape index (κ1) is 22.4. The third kappa shape index (κ3) is 4.55. The summed E-state index contributed by atoms with van der Waals surface area (Å²) in [4.78, 5) is 28.8. The highest BCUT2D eigenvalue weighted by molar-refractivity contribution is 6.02. The third-order valence-corrected chi connectivity index (χ3v) is 6.20. The van der Waals surface area contributed by atoms with Crippen molar-refractivity contribution >= 4 is 11.8 Å². The normalized spacial score (nSPS) is 17.3. The Morgan fingerprint density at radius 1 is 0.939 bits per heavy atom. The number of carbonyl (C=O) groups is 2. The number of nitrogens with zero attached hydrogens (tertiary/aromatic N) is 1. The molecule has 0 aliphatic carbocycles. The Hall–Kier alpha value is -3.80. The second-order valence-electron chi connectivity index (χ2n) is 8.38. The van der Waals surface area contributed by atoms with E-state index in [1.807, 2.05) is 79.7 Å². The van der Waals surface area contributed by atoms with Crippen molar-refractivity contribution in [1.29, 1.82) is 0 Å². The molecule has 0 aromatic heterocycles. The molecule has 0 unspecified atom stereocenters. The van der Waals surface area contributed by atoms with Gasteiger partial charge in [0.2, 0.25) is 5.91 Å². The van der Waals surface area contributed by atoms with E-state index in [1.165, 1.54) is 0 Å². The standard InChI is InChI=1S/C27H28N2O4/c1-27(26(31)28-17-19-11-13-22(32-2)14-12-19)16-21-8-4-5-10-24(21)25(30)29(27)18-20-7-6-9-23(15-20)33-3/h4-15H,16-18H2,1-3H3,(H,28,31)/t27-/m0/s1. The van der Waals surface area contributed by atoms with Gasteiger partial charge in [0.1, 0.15) is 17.0 Å². The van der Waals surface area contributed by atoms with Gasteiger partial charge in [-0.05, 0) is 53.9 Å². The zero-order chi connectivity index (χ0) is 23.4. The molecule has 6 heteroatoms. The number of amides is 2. The molecule has 6 nitrogen and oxygen atoms in total. The maximum atomic E-state index is 13.5. The highest BCUT2D eigenvalue weighted by atomic mass is 16.5. The Morgan fingerprint density at radius 2 is 1.67 bits per heavy atom. The van der Waals surface area contributed by atoms with Gasteiger partial charge in [-0.25, -0.2) is 0 Å². The van der Waals surface area contributed by atoms with Crippen molar-refractivity contribution in [3.05, 3.63) is 95.1 Å².